The van der Waals surface area contributed by atoms with Gasteiger partial charge in [0, 0.05) is 16.8 Å². The molecule has 0 unspecified atom stereocenters. The van der Waals surface area contributed by atoms with Gasteiger partial charge in [-0.25, -0.2) is 4.98 Å². The van der Waals surface area contributed by atoms with E-state index in [-0.39, 0.29) is 0 Å². The molecule has 1 N–H and O–H groups in total. The van der Waals surface area contributed by atoms with Crippen molar-refractivity contribution in [2.45, 2.75) is 11.8 Å². The number of aromatic amines is 1. The topological polar surface area (TPSA) is 33.6 Å². The van der Waals surface area contributed by atoms with Crippen molar-refractivity contribution in [3.63, 3.8) is 0 Å². The molecule has 0 radical (unpaired) electrons. The van der Waals surface area contributed by atoms with Crippen LogP contribution < -0.4 is 0 Å². The fraction of sp³-hybridized carbons (Fsp3) is 0.143. The number of hydrogen-bond donors (Lipinski definition) is 1. The molecule has 3 aromatic rings. The molecule has 5 heteroatoms. The maximum atomic E-state index is 5.42. The molecule has 0 aliphatic carbocycles. The maximum Gasteiger partial charge on any atom is 0.184 e. The number of aryl methyl sites for hydroxylation is 1. The number of imidazole rings is 1. The van der Waals surface area contributed by atoms with E-state index in [9.17, 15) is 0 Å². The van der Waals surface area contributed by atoms with Crippen LogP contribution in [0.4, 0.5) is 0 Å². The van der Waals surface area contributed by atoms with E-state index in [4.69, 9.17) is 12.2 Å². The standard InChI is InChI=1S/C14H13N3S2/c1-9-7-8-15-13-12(9)16-14(18)17(13)10-3-5-11(19-2)6-4-10/h3-8H,1-2H3,(H,16,18). The van der Waals surface area contributed by atoms with Crippen LogP contribution in [0, 0.1) is 11.7 Å². The average molecular weight is 287 g/mol. The van der Waals surface area contributed by atoms with Crippen LogP contribution in [0.1, 0.15) is 5.56 Å². The Morgan fingerprint density at radius 2 is 1.95 bits per heavy atom. The van der Waals surface area contributed by atoms with Gasteiger partial charge in [-0.05, 0) is 61.3 Å². The third-order valence-corrected chi connectivity index (χ3v) is 4.14. The number of nitrogens with zero attached hydrogens (tertiary/aromatic N) is 2. The fourth-order valence-electron chi connectivity index (χ4n) is 2.10. The molecule has 0 saturated carbocycles. The predicted octanol–water partition coefficient (Wildman–Crippen LogP) is 4.11. The predicted molar refractivity (Wildman–Crippen MR) is 82.8 cm³/mol. The van der Waals surface area contributed by atoms with Gasteiger partial charge in [0.05, 0.1) is 5.52 Å². The zero-order chi connectivity index (χ0) is 13.4. The molecule has 0 saturated heterocycles. The van der Waals surface area contributed by atoms with Crippen molar-refractivity contribution in [2.75, 3.05) is 6.26 Å². The van der Waals surface area contributed by atoms with E-state index in [2.05, 4.69) is 47.4 Å². The first kappa shape index (κ1) is 12.4. The number of hydrogen-bond acceptors (Lipinski definition) is 3. The number of H-pyrrole nitrogens is 1. The Morgan fingerprint density at radius 3 is 2.63 bits per heavy atom. The van der Waals surface area contributed by atoms with Crippen LogP contribution in [-0.2, 0) is 0 Å². The third kappa shape index (κ3) is 2.09. The summed E-state index contributed by atoms with van der Waals surface area (Å²) in [7, 11) is 0. The van der Waals surface area contributed by atoms with E-state index in [1.807, 2.05) is 16.8 Å². The molecular formula is C14H13N3S2. The Labute approximate surface area is 120 Å². The Kier molecular flexibility index (Phi) is 3.16. The lowest BCUT2D eigenvalue weighted by molar-refractivity contribution is 1.04. The fourth-order valence-corrected chi connectivity index (χ4v) is 2.80. The Bertz CT molecular complexity index is 785. The van der Waals surface area contributed by atoms with Gasteiger partial charge in [0.1, 0.15) is 0 Å². The Morgan fingerprint density at radius 1 is 1.21 bits per heavy atom. The molecule has 1 aromatic carbocycles. The van der Waals surface area contributed by atoms with Crippen molar-refractivity contribution in [1.29, 1.82) is 0 Å². The summed E-state index contributed by atoms with van der Waals surface area (Å²) in [5, 5.41) is 0. The van der Waals surface area contributed by atoms with Crippen LogP contribution in [0.3, 0.4) is 0 Å². The maximum absolute atomic E-state index is 5.42. The first-order valence-electron chi connectivity index (χ1n) is 5.91. The van der Waals surface area contributed by atoms with E-state index in [0.29, 0.717) is 4.77 Å². The summed E-state index contributed by atoms with van der Waals surface area (Å²) in [6, 6.07) is 10.3. The van der Waals surface area contributed by atoms with Crippen LogP contribution in [0.2, 0.25) is 0 Å². The molecule has 0 spiro atoms. The van der Waals surface area contributed by atoms with Crippen LogP contribution >= 0.6 is 24.0 Å². The molecule has 19 heavy (non-hydrogen) atoms. The van der Waals surface area contributed by atoms with E-state index >= 15 is 0 Å². The van der Waals surface area contributed by atoms with Crippen molar-refractivity contribution in [3.05, 3.63) is 46.9 Å². The molecule has 0 fully saturated rings. The van der Waals surface area contributed by atoms with E-state index < -0.39 is 0 Å². The van der Waals surface area contributed by atoms with E-state index in [1.165, 1.54) is 4.90 Å². The number of nitrogens with one attached hydrogen (secondary N) is 1. The molecule has 0 amide bonds. The van der Waals surface area contributed by atoms with E-state index in [0.717, 1.165) is 22.4 Å². The minimum Gasteiger partial charge on any atom is -0.329 e. The second-order valence-electron chi connectivity index (χ2n) is 4.29. The second-order valence-corrected chi connectivity index (χ2v) is 5.56. The molecule has 0 atom stereocenters. The minimum absolute atomic E-state index is 0.675. The lowest BCUT2D eigenvalue weighted by atomic mass is 10.2. The van der Waals surface area contributed by atoms with Gasteiger partial charge in [0.15, 0.2) is 10.4 Å². The lowest BCUT2D eigenvalue weighted by Gasteiger charge is -2.05. The van der Waals surface area contributed by atoms with Gasteiger partial charge in [-0.15, -0.1) is 11.8 Å². The largest absolute Gasteiger partial charge is 0.329 e. The summed E-state index contributed by atoms with van der Waals surface area (Å²) in [4.78, 5) is 8.91. The molecule has 96 valence electrons. The monoisotopic (exact) mass is 287 g/mol. The highest BCUT2D eigenvalue weighted by atomic mass is 32.2. The summed E-state index contributed by atoms with van der Waals surface area (Å²) >= 11 is 7.14. The number of rotatable bonds is 2. The highest BCUT2D eigenvalue weighted by molar-refractivity contribution is 7.98. The van der Waals surface area contributed by atoms with Crippen LogP contribution in [-0.4, -0.2) is 20.8 Å². The van der Waals surface area contributed by atoms with Crippen LogP contribution in [0.15, 0.2) is 41.4 Å². The smallest absolute Gasteiger partial charge is 0.184 e. The highest BCUT2D eigenvalue weighted by Gasteiger charge is 2.09. The second kappa shape index (κ2) is 4.83. The average Bonchev–Trinajstić information content (AvgIpc) is 2.77. The zero-order valence-electron chi connectivity index (χ0n) is 10.7. The minimum atomic E-state index is 0.675. The molecule has 0 aliphatic rings. The van der Waals surface area contributed by atoms with E-state index in [1.54, 1.807) is 11.8 Å². The van der Waals surface area contributed by atoms with Gasteiger partial charge >= 0.3 is 0 Å². The Hall–Kier alpha value is -1.59. The van der Waals surface area contributed by atoms with Crippen molar-refractivity contribution < 1.29 is 0 Å². The van der Waals surface area contributed by atoms with Gasteiger partial charge < -0.3 is 4.98 Å². The number of aromatic nitrogens is 3. The molecule has 3 nitrogen and oxygen atoms in total. The van der Waals surface area contributed by atoms with Crippen molar-refractivity contribution >= 4 is 35.1 Å². The van der Waals surface area contributed by atoms with Crippen LogP contribution in [0.25, 0.3) is 16.9 Å². The number of pyridine rings is 1. The molecular weight excluding hydrogens is 274 g/mol. The van der Waals surface area contributed by atoms with Gasteiger partial charge in [0.25, 0.3) is 0 Å². The highest BCUT2D eigenvalue weighted by Crippen LogP contribution is 2.22. The molecule has 2 aromatic heterocycles. The Balaban J connectivity index is 2.27. The first-order valence-corrected chi connectivity index (χ1v) is 7.55. The summed E-state index contributed by atoms with van der Waals surface area (Å²) in [6.45, 7) is 2.05. The molecule has 0 aliphatic heterocycles. The summed E-state index contributed by atoms with van der Waals surface area (Å²) in [6.07, 6.45) is 3.88. The van der Waals surface area contributed by atoms with Gasteiger partial charge in [-0.1, -0.05) is 0 Å². The summed E-state index contributed by atoms with van der Waals surface area (Å²) < 4.78 is 2.65. The van der Waals surface area contributed by atoms with Gasteiger partial charge in [-0.3, -0.25) is 4.57 Å². The number of thioether (sulfide) groups is 1. The summed E-state index contributed by atoms with van der Waals surface area (Å²) in [5.41, 5.74) is 4.06. The number of benzene rings is 1. The molecule has 0 bridgehead atoms. The van der Waals surface area contributed by atoms with Crippen molar-refractivity contribution in [3.8, 4) is 5.69 Å². The third-order valence-electron chi connectivity index (χ3n) is 3.12. The zero-order valence-corrected chi connectivity index (χ0v) is 12.3. The number of fused-ring (bicyclic) bond motifs is 1. The first-order chi connectivity index (χ1) is 9.20. The van der Waals surface area contributed by atoms with Gasteiger partial charge in [-0.2, -0.15) is 0 Å². The van der Waals surface area contributed by atoms with Crippen LogP contribution in [0.5, 0.6) is 0 Å². The SMILES string of the molecule is CSc1ccc(-n2c(=S)[nH]c3c(C)ccnc32)cc1. The van der Waals surface area contributed by atoms with Gasteiger partial charge in [0.2, 0.25) is 0 Å². The van der Waals surface area contributed by atoms with Crippen molar-refractivity contribution in [1.82, 2.24) is 14.5 Å². The quantitative estimate of drug-likeness (QED) is 0.569. The normalized spacial score (nSPS) is 11.1. The van der Waals surface area contributed by atoms with Crippen molar-refractivity contribution in [2.24, 2.45) is 0 Å². The summed E-state index contributed by atoms with van der Waals surface area (Å²) in [5.74, 6) is 0. The lowest BCUT2D eigenvalue weighted by Crippen LogP contribution is -1.95. The molecule has 3 rings (SSSR count). The molecule has 2 heterocycles.